The summed E-state index contributed by atoms with van der Waals surface area (Å²) in [4.78, 5) is 13.7. The lowest BCUT2D eigenvalue weighted by molar-refractivity contribution is -0.123. The number of carbonyl (C=O) groups is 1. The zero-order valence-corrected chi connectivity index (χ0v) is 12.2. The van der Waals surface area contributed by atoms with Gasteiger partial charge >= 0.3 is 0 Å². The molecule has 1 aliphatic heterocycles. The molecule has 1 aliphatic rings. The Labute approximate surface area is 121 Å². The largest absolute Gasteiger partial charge is 0.399 e. The molecular formula is C16H25N3O. The number of hydrogen-bond donors (Lipinski definition) is 2. The van der Waals surface area contributed by atoms with Gasteiger partial charge in [-0.15, -0.1) is 0 Å². The van der Waals surface area contributed by atoms with Crippen molar-refractivity contribution in [1.29, 1.82) is 0 Å². The quantitative estimate of drug-likeness (QED) is 0.805. The van der Waals surface area contributed by atoms with Crippen LogP contribution >= 0.6 is 0 Å². The number of amides is 1. The minimum absolute atomic E-state index is 0.0303. The Kier molecular flexibility index (Phi) is 5.01. The molecule has 1 saturated heterocycles. The van der Waals surface area contributed by atoms with Crippen molar-refractivity contribution in [3.05, 3.63) is 29.8 Å². The Hall–Kier alpha value is -1.55. The normalized spacial score (nSPS) is 23.6. The van der Waals surface area contributed by atoms with Gasteiger partial charge in [0.15, 0.2) is 0 Å². The van der Waals surface area contributed by atoms with Gasteiger partial charge in [0.25, 0.3) is 0 Å². The van der Waals surface area contributed by atoms with Crippen molar-refractivity contribution in [3.8, 4) is 0 Å². The highest BCUT2D eigenvalue weighted by Crippen LogP contribution is 2.22. The highest BCUT2D eigenvalue weighted by Gasteiger charge is 2.27. The summed E-state index contributed by atoms with van der Waals surface area (Å²) in [5, 5.41) is 0. The van der Waals surface area contributed by atoms with Crippen LogP contribution in [0.15, 0.2) is 24.3 Å². The van der Waals surface area contributed by atoms with E-state index in [9.17, 15) is 4.79 Å². The van der Waals surface area contributed by atoms with Crippen LogP contribution in [0.4, 0.5) is 5.69 Å². The average Bonchev–Trinajstić information content (AvgIpc) is 2.43. The lowest BCUT2D eigenvalue weighted by Crippen LogP contribution is -2.46. The number of benzene rings is 1. The van der Waals surface area contributed by atoms with Crippen molar-refractivity contribution in [2.45, 2.75) is 38.6 Å². The van der Waals surface area contributed by atoms with Gasteiger partial charge in [-0.3, -0.25) is 9.69 Å². The summed E-state index contributed by atoms with van der Waals surface area (Å²) in [5.74, 6) is -0.122. The minimum Gasteiger partial charge on any atom is -0.399 e. The molecule has 4 N–H and O–H groups in total. The molecule has 0 aromatic heterocycles. The van der Waals surface area contributed by atoms with Crippen molar-refractivity contribution in [1.82, 2.24) is 4.90 Å². The number of primary amides is 1. The number of likely N-dealkylation sites (tertiary alicyclic amines) is 1. The van der Waals surface area contributed by atoms with Gasteiger partial charge in [-0.05, 0) is 56.8 Å². The van der Waals surface area contributed by atoms with E-state index in [4.69, 9.17) is 11.5 Å². The van der Waals surface area contributed by atoms with Gasteiger partial charge in [0.2, 0.25) is 5.91 Å². The van der Waals surface area contributed by atoms with Crippen LogP contribution < -0.4 is 11.5 Å². The summed E-state index contributed by atoms with van der Waals surface area (Å²) in [6, 6.07) is 8.61. The third-order valence-corrected chi connectivity index (χ3v) is 4.30. The standard InChI is InChI=1S/C16H25N3O/c1-12-4-7-14(16(18)20)11-19(12)10-2-3-13-5-8-15(17)9-6-13/h5-6,8-9,12,14H,2-4,7,10-11,17H2,1H3,(H2,18,20). The molecule has 2 unspecified atom stereocenters. The summed E-state index contributed by atoms with van der Waals surface area (Å²) in [6.45, 7) is 4.08. The number of nitrogens with two attached hydrogens (primary N) is 2. The molecule has 1 aromatic rings. The van der Waals surface area contributed by atoms with E-state index in [0.29, 0.717) is 6.04 Å². The highest BCUT2D eigenvalue weighted by molar-refractivity contribution is 5.76. The lowest BCUT2D eigenvalue weighted by Gasteiger charge is -2.36. The lowest BCUT2D eigenvalue weighted by atomic mass is 9.92. The zero-order valence-electron chi connectivity index (χ0n) is 12.2. The second-order valence-corrected chi connectivity index (χ2v) is 5.87. The van der Waals surface area contributed by atoms with E-state index in [-0.39, 0.29) is 11.8 Å². The van der Waals surface area contributed by atoms with Crippen molar-refractivity contribution >= 4 is 11.6 Å². The molecule has 0 radical (unpaired) electrons. The fourth-order valence-electron chi connectivity index (χ4n) is 2.89. The Morgan fingerprint density at radius 1 is 1.30 bits per heavy atom. The van der Waals surface area contributed by atoms with E-state index < -0.39 is 0 Å². The second-order valence-electron chi connectivity index (χ2n) is 5.87. The maximum absolute atomic E-state index is 11.3. The number of rotatable bonds is 5. The third kappa shape index (κ3) is 3.97. The molecule has 0 saturated carbocycles. The SMILES string of the molecule is CC1CCC(C(N)=O)CN1CCCc1ccc(N)cc1. The molecule has 20 heavy (non-hydrogen) atoms. The molecule has 4 nitrogen and oxygen atoms in total. The van der Waals surface area contributed by atoms with E-state index in [2.05, 4.69) is 24.0 Å². The predicted molar refractivity (Wildman–Crippen MR) is 82.1 cm³/mol. The number of piperidine rings is 1. The molecule has 110 valence electrons. The molecule has 0 bridgehead atoms. The van der Waals surface area contributed by atoms with Gasteiger partial charge < -0.3 is 11.5 Å². The molecule has 2 atom stereocenters. The molecular weight excluding hydrogens is 250 g/mol. The maximum Gasteiger partial charge on any atom is 0.221 e. The Morgan fingerprint density at radius 2 is 2.00 bits per heavy atom. The van der Waals surface area contributed by atoms with Crippen LogP contribution in [-0.4, -0.2) is 29.9 Å². The first-order valence-electron chi connectivity index (χ1n) is 7.44. The predicted octanol–water partition coefficient (Wildman–Crippen LogP) is 1.79. The van der Waals surface area contributed by atoms with Crippen LogP contribution in [0, 0.1) is 5.92 Å². The van der Waals surface area contributed by atoms with Gasteiger partial charge in [-0.25, -0.2) is 0 Å². The average molecular weight is 275 g/mol. The van der Waals surface area contributed by atoms with Crippen molar-refractivity contribution in [2.75, 3.05) is 18.8 Å². The second kappa shape index (κ2) is 6.75. The van der Waals surface area contributed by atoms with Crippen LogP contribution in [0.25, 0.3) is 0 Å². The van der Waals surface area contributed by atoms with Crippen LogP contribution in [0.1, 0.15) is 31.7 Å². The number of nitrogens with zero attached hydrogens (tertiary/aromatic N) is 1. The summed E-state index contributed by atoms with van der Waals surface area (Å²) in [6.07, 6.45) is 4.14. The summed E-state index contributed by atoms with van der Waals surface area (Å²) < 4.78 is 0. The van der Waals surface area contributed by atoms with Crippen LogP contribution in [-0.2, 0) is 11.2 Å². The topological polar surface area (TPSA) is 72.4 Å². The van der Waals surface area contributed by atoms with Gasteiger partial charge in [-0.1, -0.05) is 12.1 Å². The number of hydrogen-bond acceptors (Lipinski definition) is 3. The van der Waals surface area contributed by atoms with Crippen molar-refractivity contribution in [3.63, 3.8) is 0 Å². The molecule has 0 spiro atoms. The zero-order chi connectivity index (χ0) is 14.5. The number of nitrogen functional groups attached to an aromatic ring is 1. The van der Waals surface area contributed by atoms with E-state index in [1.807, 2.05) is 12.1 Å². The number of anilines is 1. The number of aryl methyl sites for hydroxylation is 1. The molecule has 1 fully saturated rings. The highest BCUT2D eigenvalue weighted by atomic mass is 16.1. The summed E-state index contributed by atoms with van der Waals surface area (Å²) in [5.41, 5.74) is 13.2. The van der Waals surface area contributed by atoms with E-state index in [1.54, 1.807) is 0 Å². The molecule has 1 heterocycles. The van der Waals surface area contributed by atoms with Gasteiger partial charge in [0, 0.05) is 18.3 Å². The monoisotopic (exact) mass is 275 g/mol. The maximum atomic E-state index is 11.3. The summed E-state index contributed by atoms with van der Waals surface area (Å²) >= 11 is 0. The Bertz CT molecular complexity index is 444. The van der Waals surface area contributed by atoms with E-state index in [1.165, 1.54) is 5.56 Å². The third-order valence-electron chi connectivity index (χ3n) is 4.30. The van der Waals surface area contributed by atoms with E-state index in [0.717, 1.165) is 44.5 Å². The van der Waals surface area contributed by atoms with Crippen molar-refractivity contribution < 1.29 is 4.79 Å². The molecule has 1 amide bonds. The summed E-state index contributed by atoms with van der Waals surface area (Å²) in [7, 11) is 0. The van der Waals surface area contributed by atoms with Crippen LogP contribution in [0.2, 0.25) is 0 Å². The molecule has 4 heteroatoms. The molecule has 0 aliphatic carbocycles. The first kappa shape index (κ1) is 14.9. The van der Waals surface area contributed by atoms with Gasteiger partial charge in [0.05, 0.1) is 5.92 Å². The first-order valence-corrected chi connectivity index (χ1v) is 7.44. The Balaban J connectivity index is 1.80. The van der Waals surface area contributed by atoms with Gasteiger partial charge in [-0.2, -0.15) is 0 Å². The number of carbonyl (C=O) groups excluding carboxylic acids is 1. The Morgan fingerprint density at radius 3 is 2.65 bits per heavy atom. The van der Waals surface area contributed by atoms with Crippen LogP contribution in [0.3, 0.4) is 0 Å². The van der Waals surface area contributed by atoms with Crippen LogP contribution in [0.5, 0.6) is 0 Å². The molecule has 1 aromatic carbocycles. The minimum atomic E-state index is -0.152. The smallest absolute Gasteiger partial charge is 0.221 e. The molecule has 2 rings (SSSR count). The fraction of sp³-hybridized carbons (Fsp3) is 0.562. The van der Waals surface area contributed by atoms with Gasteiger partial charge in [0.1, 0.15) is 0 Å². The first-order chi connectivity index (χ1) is 9.56. The van der Waals surface area contributed by atoms with Crippen molar-refractivity contribution in [2.24, 2.45) is 11.7 Å². The van der Waals surface area contributed by atoms with E-state index >= 15 is 0 Å². The fourth-order valence-corrected chi connectivity index (χ4v) is 2.89.